The number of aliphatic carboxylic acids is 1. The van der Waals surface area contributed by atoms with Gasteiger partial charge in [0.25, 0.3) is 0 Å². The maximum atomic E-state index is 10.8. The first kappa shape index (κ1) is 13.8. The molecular formula is C12H16ClNO3. The number of ether oxygens (including phenoxy) is 1. The number of hydrogen-bond acceptors (Lipinski definition) is 3. The van der Waals surface area contributed by atoms with E-state index >= 15 is 0 Å². The van der Waals surface area contributed by atoms with E-state index in [0.717, 1.165) is 5.56 Å². The second-order valence-corrected chi connectivity index (χ2v) is 4.24. The maximum Gasteiger partial charge on any atom is 0.344 e. The molecule has 0 aliphatic carbocycles. The Hall–Kier alpha value is -1.26. The van der Waals surface area contributed by atoms with E-state index in [1.165, 1.54) is 0 Å². The third-order valence-electron chi connectivity index (χ3n) is 2.40. The Bertz CT molecular complexity index is 407. The summed E-state index contributed by atoms with van der Waals surface area (Å²) in [5.74, 6) is -0.634. The van der Waals surface area contributed by atoms with Gasteiger partial charge in [0.05, 0.1) is 5.02 Å². The van der Waals surface area contributed by atoms with Gasteiger partial charge in [-0.15, -0.1) is 0 Å². The minimum atomic E-state index is -1.00. The highest BCUT2D eigenvalue weighted by molar-refractivity contribution is 6.32. The van der Waals surface area contributed by atoms with E-state index in [2.05, 4.69) is 0 Å². The molecule has 4 nitrogen and oxygen atoms in total. The van der Waals surface area contributed by atoms with Crippen LogP contribution in [-0.2, 0) is 4.79 Å². The average molecular weight is 258 g/mol. The van der Waals surface area contributed by atoms with E-state index in [1.54, 1.807) is 25.1 Å². The number of rotatable bonds is 5. The van der Waals surface area contributed by atoms with Crippen molar-refractivity contribution in [2.45, 2.75) is 32.4 Å². The van der Waals surface area contributed by atoms with Crippen LogP contribution < -0.4 is 10.5 Å². The summed E-state index contributed by atoms with van der Waals surface area (Å²) < 4.78 is 5.32. The first-order valence-corrected chi connectivity index (χ1v) is 5.78. The number of halogens is 1. The molecule has 0 bridgehead atoms. The summed E-state index contributed by atoms with van der Waals surface area (Å²) in [6.45, 7) is 3.58. The van der Waals surface area contributed by atoms with Gasteiger partial charge in [-0.2, -0.15) is 0 Å². The standard InChI is InChI=1S/C12H16ClNO3/c1-3-10(12(15)16)17-11-5-4-8(7(2)14)6-9(11)13/h4-7,10H,3,14H2,1-2H3,(H,15,16). The second-order valence-electron chi connectivity index (χ2n) is 3.83. The normalized spacial score (nSPS) is 14.1. The highest BCUT2D eigenvalue weighted by Crippen LogP contribution is 2.28. The van der Waals surface area contributed by atoms with Crippen LogP contribution in [-0.4, -0.2) is 17.2 Å². The van der Waals surface area contributed by atoms with E-state index in [1.807, 2.05) is 6.92 Å². The predicted octanol–water partition coefficient (Wildman–Crippen LogP) is 2.60. The van der Waals surface area contributed by atoms with Crippen LogP contribution in [0.15, 0.2) is 18.2 Å². The molecule has 0 aromatic heterocycles. The zero-order valence-corrected chi connectivity index (χ0v) is 10.6. The Morgan fingerprint density at radius 1 is 1.59 bits per heavy atom. The van der Waals surface area contributed by atoms with Crippen LogP contribution in [0.3, 0.4) is 0 Å². The van der Waals surface area contributed by atoms with Crippen molar-refractivity contribution in [1.29, 1.82) is 0 Å². The fourth-order valence-electron chi connectivity index (χ4n) is 1.36. The molecular weight excluding hydrogens is 242 g/mol. The Morgan fingerprint density at radius 3 is 2.65 bits per heavy atom. The van der Waals surface area contributed by atoms with Gasteiger partial charge in [-0.3, -0.25) is 0 Å². The van der Waals surface area contributed by atoms with E-state index < -0.39 is 12.1 Å². The monoisotopic (exact) mass is 257 g/mol. The molecule has 1 aromatic carbocycles. The lowest BCUT2D eigenvalue weighted by Gasteiger charge is -2.15. The van der Waals surface area contributed by atoms with E-state index in [9.17, 15) is 4.79 Å². The fourth-order valence-corrected chi connectivity index (χ4v) is 1.59. The van der Waals surface area contributed by atoms with Crippen LogP contribution in [0.1, 0.15) is 31.9 Å². The third kappa shape index (κ3) is 3.61. The molecule has 2 unspecified atom stereocenters. The number of carboxylic acid groups (broad SMARTS) is 1. The van der Waals surface area contributed by atoms with Gasteiger partial charge >= 0.3 is 5.97 Å². The van der Waals surface area contributed by atoms with Crippen molar-refractivity contribution >= 4 is 17.6 Å². The molecule has 0 aliphatic heterocycles. The number of benzene rings is 1. The molecule has 0 saturated heterocycles. The van der Waals surface area contributed by atoms with Gasteiger partial charge in [-0.1, -0.05) is 24.6 Å². The fraction of sp³-hybridized carbons (Fsp3) is 0.417. The number of hydrogen-bond donors (Lipinski definition) is 2. The summed E-state index contributed by atoms with van der Waals surface area (Å²) in [6.07, 6.45) is -0.505. The topological polar surface area (TPSA) is 72.5 Å². The molecule has 3 N–H and O–H groups in total. The molecule has 0 fully saturated rings. The maximum absolute atomic E-state index is 10.8. The number of carbonyl (C=O) groups is 1. The Balaban J connectivity index is 2.89. The summed E-state index contributed by atoms with van der Waals surface area (Å²) >= 11 is 6.01. The number of nitrogens with two attached hydrogens (primary N) is 1. The van der Waals surface area contributed by atoms with E-state index in [4.69, 9.17) is 27.2 Å². The Morgan fingerprint density at radius 2 is 2.24 bits per heavy atom. The molecule has 0 amide bonds. The van der Waals surface area contributed by atoms with Gasteiger partial charge in [-0.25, -0.2) is 4.79 Å². The predicted molar refractivity (Wildman–Crippen MR) is 66.4 cm³/mol. The molecule has 0 saturated carbocycles. The summed E-state index contributed by atoms with van der Waals surface area (Å²) in [5.41, 5.74) is 6.60. The van der Waals surface area contributed by atoms with Crippen molar-refractivity contribution in [3.8, 4) is 5.75 Å². The van der Waals surface area contributed by atoms with Crippen molar-refractivity contribution in [2.24, 2.45) is 5.73 Å². The summed E-state index contributed by atoms with van der Waals surface area (Å²) in [6, 6.07) is 4.99. The SMILES string of the molecule is CCC(Oc1ccc(C(C)N)cc1Cl)C(=O)O. The van der Waals surface area contributed by atoms with Gasteiger partial charge in [-0.05, 0) is 31.0 Å². The van der Waals surface area contributed by atoms with Crippen molar-refractivity contribution in [3.63, 3.8) is 0 Å². The number of carboxylic acids is 1. The Labute approximate surface area is 105 Å². The lowest BCUT2D eigenvalue weighted by Crippen LogP contribution is -2.26. The van der Waals surface area contributed by atoms with Gasteiger partial charge < -0.3 is 15.6 Å². The van der Waals surface area contributed by atoms with Crippen molar-refractivity contribution in [2.75, 3.05) is 0 Å². The first-order valence-electron chi connectivity index (χ1n) is 5.40. The average Bonchev–Trinajstić information content (AvgIpc) is 2.26. The lowest BCUT2D eigenvalue weighted by molar-refractivity contribution is -0.145. The lowest BCUT2D eigenvalue weighted by atomic mass is 10.1. The second kappa shape index (κ2) is 5.89. The summed E-state index contributed by atoms with van der Waals surface area (Å²) in [7, 11) is 0. The quantitative estimate of drug-likeness (QED) is 0.850. The van der Waals surface area contributed by atoms with Gasteiger partial charge in [0.1, 0.15) is 5.75 Å². The molecule has 1 aromatic rings. The molecule has 0 spiro atoms. The molecule has 0 aliphatic rings. The van der Waals surface area contributed by atoms with Crippen molar-refractivity contribution < 1.29 is 14.6 Å². The zero-order valence-electron chi connectivity index (χ0n) is 9.81. The van der Waals surface area contributed by atoms with Crippen molar-refractivity contribution in [3.05, 3.63) is 28.8 Å². The summed E-state index contributed by atoms with van der Waals surface area (Å²) in [5, 5.41) is 9.25. The van der Waals surface area contributed by atoms with Gasteiger partial charge in [0.2, 0.25) is 0 Å². The molecule has 2 atom stereocenters. The third-order valence-corrected chi connectivity index (χ3v) is 2.69. The molecule has 0 heterocycles. The molecule has 5 heteroatoms. The van der Waals surface area contributed by atoms with Crippen LogP contribution in [0.4, 0.5) is 0 Å². The minimum absolute atomic E-state index is 0.122. The molecule has 1 rings (SSSR count). The smallest absolute Gasteiger partial charge is 0.344 e. The van der Waals surface area contributed by atoms with Gasteiger partial charge in [0.15, 0.2) is 6.10 Å². The molecule has 0 radical (unpaired) electrons. The highest BCUT2D eigenvalue weighted by atomic mass is 35.5. The highest BCUT2D eigenvalue weighted by Gasteiger charge is 2.18. The first-order chi connectivity index (χ1) is 7.95. The van der Waals surface area contributed by atoms with E-state index in [0.29, 0.717) is 17.2 Å². The van der Waals surface area contributed by atoms with E-state index in [-0.39, 0.29) is 6.04 Å². The van der Waals surface area contributed by atoms with Crippen LogP contribution in [0, 0.1) is 0 Å². The summed E-state index contributed by atoms with van der Waals surface area (Å²) in [4.78, 5) is 10.8. The van der Waals surface area contributed by atoms with Crippen LogP contribution in [0.5, 0.6) is 5.75 Å². The van der Waals surface area contributed by atoms with Crippen LogP contribution in [0.25, 0.3) is 0 Å². The van der Waals surface area contributed by atoms with Gasteiger partial charge in [0, 0.05) is 6.04 Å². The van der Waals surface area contributed by atoms with Crippen molar-refractivity contribution in [1.82, 2.24) is 0 Å². The molecule has 94 valence electrons. The van der Waals surface area contributed by atoms with Crippen LogP contribution >= 0.6 is 11.6 Å². The largest absolute Gasteiger partial charge is 0.479 e. The Kier molecular flexibility index (Phi) is 4.78. The van der Waals surface area contributed by atoms with Crippen LogP contribution in [0.2, 0.25) is 5.02 Å². The molecule has 17 heavy (non-hydrogen) atoms. The zero-order chi connectivity index (χ0) is 13.0. The minimum Gasteiger partial charge on any atom is -0.479 e.